The van der Waals surface area contributed by atoms with E-state index in [2.05, 4.69) is 20.9 Å². The van der Waals surface area contributed by atoms with Crippen LogP contribution in [0.2, 0.25) is 0 Å². The molecule has 3 aliphatic carbocycles. The summed E-state index contributed by atoms with van der Waals surface area (Å²) < 4.78 is 5.81. The van der Waals surface area contributed by atoms with Crippen LogP contribution in [0.5, 0.6) is 5.75 Å². The summed E-state index contributed by atoms with van der Waals surface area (Å²) in [5.74, 6) is 2.82. The van der Waals surface area contributed by atoms with Crippen LogP contribution in [-0.2, 0) is 14.4 Å². The number of amides is 3. The number of piperidine rings is 1. The zero-order valence-corrected chi connectivity index (χ0v) is 23.0. The molecule has 0 radical (unpaired) electrons. The van der Waals surface area contributed by atoms with Crippen molar-refractivity contribution in [2.45, 2.75) is 81.7 Å². The fraction of sp³-hybridized carbons (Fsp3) is 0.700. The number of nitrogens with zero attached hydrogens (tertiary/aromatic N) is 2. The molecule has 1 aromatic carbocycles. The Labute approximate surface area is 230 Å². The molecule has 39 heavy (non-hydrogen) atoms. The van der Waals surface area contributed by atoms with Crippen molar-refractivity contribution >= 4 is 17.7 Å². The molecule has 7 aliphatic rings. The smallest absolute Gasteiger partial charge is 0.246 e. The molecular weight excluding hydrogens is 494 g/mol. The number of ether oxygens (including phenoxy) is 1. The number of nitrogens with one attached hydrogen (secondary N) is 3. The van der Waals surface area contributed by atoms with Crippen LogP contribution in [0.4, 0.5) is 0 Å². The molecule has 6 fully saturated rings. The number of rotatable bonds is 7. The molecule has 2 unspecified atom stereocenters. The van der Waals surface area contributed by atoms with E-state index in [9.17, 15) is 14.4 Å². The van der Waals surface area contributed by atoms with E-state index in [1.54, 1.807) is 7.05 Å². The van der Waals surface area contributed by atoms with Crippen LogP contribution in [0.3, 0.4) is 0 Å². The number of carbonyl (C=O) groups is 3. The topological polar surface area (TPSA) is 103 Å². The summed E-state index contributed by atoms with van der Waals surface area (Å²) in [4.78, 5) is 45.8. The van der Waals surface area contributed by atoms with E-state index >= 15 is 0 Å². The molecule has 3 amide bonds. The maximum absolute atomic E-state index is 14.4. The molecule has 210 valence electrons. The Balaban J connectivity index is 1.15. The van der Waals surface area contributed by atoms with Crippen molar-refractivity contribution in [2.75, 3.05) is 26.7 Å². The summed E-state index contributed by atoms with van der Waals surface area (Å²) >= 11 is 0. The molecule has 0 spiro atoms. The predicted octanol–water partition coefficient (Wildman–Crippen LogP) is 1.44. The van der Waals surface area contributed by atoms with E-state index in [1.165, 1.54) is 6.42 Å². The second-order valence-electron chi connectivity index (χ2n) is 12.6. The number of piperazine rings is 1. The van der Waals surface area contributed by atoms with Gasteiger partial charge in [-0.1, -0.05) is 37.5 Å². The highest BCUT2D eigenvalue weighted by Crippen LogP contribution is 2.78. The van der Waals surface area contributed by atoms with Crippen molar-refractivity contribution in [2.24, 2.45) is 23.7 Å². The Morgan fingerprint density at radius 2 is 1.77 bits per heavy atom. The van der Waals surface area contributed by atoms with Gasteiger partial charge in [-0.3, -0.25) is 19.3 Å². The van der Waals surface area contributed by atoms with Crippen LogP contribution >= 0.6 is 0 Å². The Morgan fingerprint density at radius 3 is 2.54 bits per heavy atom. The van der Waals surface area contributed by atoms with Gasteiger partial charge >= 0.3 is 0 Å². The molecule has 0 aromatic heterocycles. The highest BCUT2D eigenvalue weighted by Gasteiger charge is 2.84. The lowest BCUT2D eigenvalue weighted by atomic mass is 9.82. The van der Waals surface area contributed by atoms with Crippen LogP contribution in [0.1, 0.15) is 57.1 Å². The fourth-order valence-corrected chi connectivity index (χ4v) is 8.21. The van der Waals surface area contributed by atoms with Gasteiger partial charge in [0.15, 0.2) is 0 Å². The quantitative estimate of drug-likeness (QED) is 0.488. The standard InChI is InChI=1S/C30H41N5O4/c1-16(31-2)28(36)33-26(17-8-4-3-5-9-17)30(38)35-14-20-23-24-25(23)27(24)34(20)15-21(35)29(37)32-19-12-13-39-22-11-7-6-10-18(19)22/h6-7,10-11,16-17,19-21,23-27,31H,3-5,8-9,12-15H2,1-2H3,(H,32,37)(H,33,36)/t16-,19+,20-,21-,23?,24-,25?,26-,27-/m0/s1. The molecule has 9 heteroatoms. The first-order valence-corrected chi connectivity index (χ1v) is 15.0. The van der Waals surface area contributed by atoms with Gasteiger partial charge in [0.2, 0.25) is 17.7 Å². The molecule has 4 heterocycles. The van der Waals surface area contributed by atoms with Gasteiger partial charge in [-0.25, -0.2) is 0 Å². The maximum atomic E-state index is 14.4. The monoisotopic (exact) mass is 535 g/mol. The Kier molecular flexibility index (Phi) is 6.34. The van der Waals surface area contributed by atoms with Crippen molar-refractivity contribution in [3.05, 3.63) is 29.8 Å². The number of likely N-dealkylation sites (N-methyl/N-ethyl adjacent to an activating group) is 1. The van der Waals surface area contributed by atoms with Crippen LogP contribution in [0.15, 0.2) is 24.3 Å². The Morgan fingerprint density at radius 1 is 1.00 bits per heavy atom. The van der Waals surface area contributed by atoms with Gasteiger partial charge in [-0.2, -0.15) is 0 Å². The van der Waals surface area contributed by atoms with E-state index in [-0.39, 0.29) is 35.7 Å². The molecular formula is C30H41N5O4. The average Bonchev–Trinajstić information content (AvgIpc) is 3.82. The number of carbonyl (C=O) groups excluding carboxylic acids is 3. The highest BCUT2D eigenvalue weighted by molar-refractivity contribution is 5.94. The van der Waals surface area contributed by atoms with Gasteiger partial charge < -0.3 is 25.6 Å². The first kappa shape index (κ1) is 25.3. The molecule has 3 saturated heterocycles. The van der Waals surface area contributed by atoms with Crippen LogP contribution in [0, 0.1) is 23.7 Å². The third-order valence-corrected chi connectivity index (χ3v) is 10.6. The largest absolute Gasteiger partial charge is 0.493 e. The van der Waals surface area contributed by atoms with Crippen LogP contribution in [0.25, 0.3) is 0 Å². The normalized spacial score (nSPS) is 35.9. The van der Waals surface area contributed by atoms with E-state index in [0.29, 0.717) is 44.1 Å². The van der Waals surface area contributed by atoms with E-state index < -0.39 is 12.1 Å². The SMILES string of the molecule is CN[C@@H](C)C(=O)N[C@H](C(=O)N1C[C@H]2C3C4[C@H]3[C@@H]4N2C[C@H]1C(=O)N[C@@H]1CCOc2ccccc21)C1CCCCC1. The third-order valence-electron chi connectivity index (χ3n) is 10.6. The van der Waals surface area contributed by atoms with Crippen LogP contribution < -0.4 is 20.7 Å². The lowest BCUT2D eigenvalue weighted by molar-refractivity contribution is -0.149. The highest BCUT2D eigenvalue weighted by atomic mass is 16.5. The van der Waals surface area contributed by atoms with Crippen molar-refractivity contribution in [1.82, 2.24) is 25.8 Å². The Hall–Kier alpha value is -2.65. The molecule has 3 saturated carbocycles. The summed E-state index contributed by atoms with van der Waals surface area (Å²) in [6, 6.07) is 7.14. The number of hydrogen-bond donors (Lipinski definition) is 3. The van der Waals surface area contributed by atoms with Gasteiger partial charge in [-0.05, 0) is 56.6 Å². The molecule has 1 aromatic rings. The number of para-hydroxylation sites is 1. The molecule has 3 N–H and O–H groups in total. The third kappa shape index (κ3) is 4.24. The van der Waals surface area contributed by atoms with Gasteiger partial charge in [-0.15, -0.1) is 0 Å². The van der Waals surface area contributed by atoms with Gasteiger partial charge in [0.1, 0.15) is 17.8 Å². The molecule has 9 nitrogen and oxygen atoms in total. The van der Waals surface area contributed by atoms with Gasteiger partial charge in [0.25, 0.3) is 0 Å². The number of hydrogen-bond acceptors (Lipinski definition) is 6. The minimum Gasteiger partial charge on any atom is -0.493 e. The van der Waals surface area contributed by atoms with Crippen molar-refractivity contribution in [3.8, 4) is 5.75 Å². The molecule has 2 bridgehead atoms. The average molecular weight is 536 g/mol. The van der Waals surface area contributed by atoms with Gasteiger partial charge in [0.05, 0.1) is 18.7 Å². The van der Waals surface area contributed by atoms with E-state index in [4.69, 9.17) is 4.74 Å². The lowest BCUT2D eigenvalue weighted by Gasteiger charge is -2.45. The van der Waals surface area contributed by atoms with E-state index in [1.807, 2.05) is 36.1 Å². The van der Waals surface area contributed by atoms with Gasteiger partial charge in [0, 0.05) is 37.2 Å². The predicted molar refractivity (Wildman–Crippen MR) is 145 cm³/mol. The second-order valence-corrected chi connectivity index (χ2v) is 12.6. The molecule has 8 rings (SSSR count). The first-order chi connectivity index (χ1) is 19.0. The van der Waals surface area contributed by atoms with Crippen molar-refractivity contribution < 1.29 is 19.1 Å². The number of benzene rings is 1. The zero-order valence-electron chi connectivity index (χ0n) is 23.0. The molecule has 4 aliphatic heterocycles. The zero-order chi connectivity index (χ0) is 26.8. The fourth-order valence-electron chi connectivity index (χ4n) is 8.21. The summed E-state index contributed by atoms with van der Waals surface area (Å²) in [6.07, 6.45) is 5.87. The van der Waals surface area contributed by atoms with Crippen LogP contribution in [-0.4, -0.2) is 84.5 Å². The van der Waals surface area contributed by atoms with E-state index in [0.717, 1.165) is 48.8 Å². The second kappa shape index (κ2) is 9.77. The molecule has 9 atom stereocenters. The summed E-state index contributed by atoms with van der Waals surface area (Å²) in [6.45, 7) is 3.53. The van der Waals surface area contributed by atoms with Crippen molar-refractivity contribution in [3.63, 3.8) is 0 Å². The minimum absolute atomic E-state index is 0.0789. The summed E-state index contributed by atoms with van der Waals surface area (Å²) in [5, 5.41) is 9.41. The first-order valence-electron chi connectivity index (χ1n) is 15.0. The Bertz CT molecular complexity index is 1140. The minimum atomic E-state index is -0.594. The lowest BCUT2D eigenvalue weighted by Crippen LogP contribution is -2.66. The summed E-state index contributed by atoms with van der Waals surface area (Å²) in [5.41, 5.74) is 0.991. The summed E-state index contributed by atoms with van der Waals surface area (Å²) in [7, 11) is 1.75. The van der Waals surface area contributed by atoms with Crippen molar-refractivity contribution in [1.29, 1.82) is 0 Å². The number of fused-ring (bicyclic) bond motifs is 1. The maximum Gasteiger partial charge on any atom is 0.246 e.